The van der Waals surface area contributed by atoms with Crippen LogP contribution in [0.15, 0.2) is 86.0 Å². The predicted octanol–water partition coefficient (Wildman–Crippen LogP) is 3.81. The Morgan fingerprint density at radius 1 is 0.631 bits per heavy atom. The van der Waals surface area contributed by atoms with E-state index in [4.69, 9.17) is 29.8 Å². The van der Waals surface area contributed by atoms with Gasteiger partial charge >= 0.3 is 5.97 Å². The molecule has 4 N–H and O–H groups in total. The first-order chi connectivity index (χ1) is 31.8. The van der Waals surface area contributed by atoms with Gasteiger partial charge in [0.15, 0.2) is 34.4 Å². The van der Waals surface area contributed by atoms with Crippen LogP contribution in [0, 0.1) is 0 Å². The van der Waals surface area contributed by atoms with Crippen LogP contribution in [0.4, 0.5) is 0 Å². The quantitative estimate of drug-likeness (QED) is 0.167. The van der Waals surface area contributed by atoms with Gasteiger partial charge in [-0.2, -0.15) is 0 Å². The van der Waals surface area contributed by atoms with E-state index in [1.165, 1.54) is 47.7 Å². The van der Waals surface area contributed by atoms with Crippen molar-refractivity contribution in [1.82, 2.24) is 64.0 Å². The molecule has 332 valence electrons. The number of carbonyl (C=O) groups excluding carboxylic acids is 1. The normalized spacial score (nSPS) is 14.8. The van der Waals surface area contributed by atoms with Crippen LogP contribution in [0.5, 0.6) is 23.0 Å². The van der Waals surface area contributed by atoms with Crippen LogP contribution in [0.1, 0.15) is 92.4 Å². The van der Waals surface area contributed by atoms with Gasteiger partial charge in [-0.3, -0.25) is 14.8 Å². The summed E-state index contributed by atoms with van der Waals surface area (Å²) in [5.41, 5.74) is 13.3. The van der Waals surface area contributed by atoms with Crippen LogP contribution in [-0.4, -0.2) is 102 Å². The Bertz CT molecular complexity index is 3000. The van der Waals surface area contributed by atoms with Gasteiger partial charge in [0, 0.05) is 43.5 Å². The van der Waals surface area contributed by atoms with E-state index in [0.29, 0.717) is 80.8 Å². The third-order valence-electron chi connectivity index (χ3n) is 10.9. The van der Waals surface area contributed by atoms with Gasteiger partial charge in [-0.25, -0.2) is 24.1 Å². The second-order valence-corrected chi connectivity index (χ2v) is 15.9. The summed E-state index contributed by atoms with van der Waals surface area (Å²) in [7, 11) is 0. The zero-order valence-electron chi connectivity index (χ0n) is 35.1. The zero-order valence-corrected chi connectivity index (χ0v) is 35.1. The molecule has 8 aromatic rings. The van der Waals surface area contributed by atoms with Crippen LogP contribution in [0.25, 0.3) is 11.3 Å². The molecule has 65 heavy (non-hydrogen) atoms. The zero-order chi connectivity index (χ0) is 44.3. The number of hydrogen-bond donors (Lipinski definition) is 3. The van der Waals surface area contributed by atoms with Crippen molar-refractivity contribution in [3.05, 3.63) is 131 Å². The summed E-state index contributed by atoms with van der Waals surface area (Å²) in [6.07, 6.45) is 19.6. The number of carboxylic acid groups (broad SMARTS) is 1. The predicted molar refractivity (Wildman–Crippen MR) is 229 cm³/mol. The molecule has 0 aromatic carbocycles. The Balaban J connectivity index is 0.000000129. The van der Waals surface area contributed by atoms with Crippen LogP contribution in [0.2, 0.25) is 0 Å². The number of amides is 1. The maximum absolute atomic E-state index is 12.5. The molecule has 0 radical (unpaired) electrons. The van der Waals surface area contributed by atoms with Crippen molar-refractivity contribution in [3.8, 4) is 23.0 Å². The Morgan fingerprint density at radius 3 is 1.63 bits per heavy atom. The number of hydrogen-bond acceptors (Lipinski definition) is 15. The summed E-state index contributed by atoms with van der Waals surface area (Å²) < 4.78 is 28.8. The van der Waals surface area contributed by atoms with Crippen molar-refractivity contribution in [2.75, 3.05) is 26.4 Å². The summed E-state index contributed by atoms with van der Waals surface area (Å²) in [5.74, 6) is 2.70. The molecule has 21 heteroatoms. The maximum Gasteiger partial charge on any atom is 0.358 e. The van der Waals surface area contributed by atoms with Gasteiger partial charge < -0.3 is 43.9 Å². The number of rotatable bonds is 11. The molecule has 2 aliphatic carbocycles. The molecule has 0 atom stereocenters. The fraction of sp³-hybridized carbons (Fsp3) is 0.318. The average Bonchev–Trinajstić information content (AvgIpc) is 4.17. The second-order valence-electron chi connectivity index (χ2n) is 15.9. The molecular formula is C44H44N14O7. The van der Waals surface area contributed by atoms with Gasteiger partial charge in [-0.1, -0.05) is 22.6 Å². The minimum Gasteiger partial charge on any atom is -0.486 e. The lowest BCUT2D eigenvalue weighted by molar-refractivity contribution is 0.0690. The maximum atomic E-state index is 12.5. The molecule has 0 bridgehead atoms. The number of carbonyl (C=O) groups is 2. The topological polar surface area (TPSA) is 251 Å². The number of nitrogens with zero attached hydrogens (tertiary/aromatic N) is 12. The van der Waals surface area contributed by atoms with E-state index in [0.717, 1.165) is 34.1 Å². The van der Waals surface area contributed by atoms with Crippen molar-refractivity contribution in [1.29, 1.82) is 0 Å². The number of pyridine rings is 4. The minimum absolute atomic E-state index is 0.0604. The third-order valence-corrected chi connectivity index (χ3v) is 10.9. The molecule has 0 saturated heterocycles. The van der Waals surface area contributed by atoms with Crippen molar-refractivity contribution >= 4 is 23.2 Å². The number of carboxylic acids is 1. The van der Waals surface area contributed by atoms with Crippen LogP contribution >= 0.6 is 0 Å². The standard InChI is InChI=1S/C22H21N7O3.C14H13N5O2.C8H10N2O2/c30-22(24-8-16-7-19-20(9-23-16)32-6-5-31-19)18-13-29(27-26-18)12-17-11-28-10-15(14-1-2-14)3-4-21(28)25-17;20-14(21)12-8-19(17-16-12)7-11-6-18-5-10(9-1-2-9)3-4-13(18)15-11;9-4-6-3-7-8(5-10-6)12-2-1-11-7/h3-4,7,9-11,13-14H,1-2,5-6,8,12H2,(H,24,30);3-6,8-9H,1-2,7H2,(H,20,21);3,5H,1-2,4,9H2. The lowest BCUT2D eigenvalue weighted by atomic mass is 10.2. The van der Waals surface area contributed by atoms with Gasteiger partial charge in [0.25, 0.3) is 5.91 Å². The van der Waals surface area contributed by atoms with E-state index in [1.54, 1.807) is 29.3 Å². The average molecular weight is 881 g/mol. The highest BCUT2D eigenvalue weighted by atomic mass is 16.6. The largest absolute Gasteiger partial charge is 0.486 e. The van der Waals surface area contributed by atoms with E-state index in [1.807, 2.05) is 39.4 Å². The Kier molecular flexibility index (Phi) is 11.4. The Morgan fingerprint density at radius 2 is 1.12 bits per heavy atom. The van der Waals surface area contributed by atoms with Gasteiger partial charge in [0.1, 0.15) is 37.7 Å². The van der Waals surface area contributed by atoms with Crippen molar-refractivity contribution < 1.29 is 33.6 Å². The summed E-state index contributed by atoms with van der Waals surface area (Å²) in [4.78, 5) is 40.8. The summed E-state index contributed by atoms with van der Waals surface area (Å²) in [5, 5.41) is 27.1. The lowest BCUT2D eigenvalue weighted by Gasteiger charge is -2.18. The van der Waals surface area contributed by atoms with Crippen LogP contribution in [-0.2, 0) is 26.2 Å². The number of aromatic carboxylic acids is 1. The van der Waals surface area contributed by atoms with E-state index >= 15 is 0 Å². The molecule has 0 unspecified atom stereocenters. The van der Waals surface area contributed by atoms with Crippen molar-refractivity contribution in [3.63, 3.8) is 0 Å². The minimum atomic E-state index is -1.08. The molecular weight excluding hydrogens is 837 g/mol. The highest BCUT2D eigenvalue weighted by Gasteiger charge is 2.25. The fourth-order valence-corrected chi connectivity index (χ4v) is 7.33. The van der Waals surface area contributed by atoms with Crippen molar-refractivity contribution in [2.24, 2.45) is 5.73 Å². The number of aromatic nitrogens is 12. The smallest absolute Gasteiger partial charge is 0.358 e. The molecule has 8 aromatic heterocycles. The van der Waals surface area contributed by atoms with E-state index in [-0.39, 0.29) is 23.8 Å². The highest BCUT2D eigenvalue weighted by Crippen LogP contribution is 2.40. The first-order valence-electron chi connectivity index (χ1n) is 21.3. The van der Waals surface area contributed by atoms with E-state index in [9.17, 15) is 9.59 Å². The van der Waals surface area contributed by atoms with Gasteiger partial charge in [0.2, 0.25) is 0 Å². The molecule has 10 heterocycles. The summed E-state index contributed by atoms with van der Waals surface area (Å²) >= 11 is 0. The molecule has 2 saturated carbocycles. The van der Waals surface area contributed by atoms with E-state index < -0.39 is 5.97 Å². The molecule has 21 nitrogen and oxygen atoms in total. The molecule has 1 amide bonds. The molecule has 2 aliphatic heterocycles. The number of nitrogens with two attached hydrogens (primary N) is 1. The number of imidazole rings is 2. The van der Waals surface area contributed by atoms with Gasteiger partial charge in [-0.15, -0.1) is 10.2 Å². The lowest BCUT2D eigenvalue weighted by Crippen LogP contribution is -2.24. The highest BCUT2D eigenvalue weighted by molar-refractivity contribution is 5.91. The number of ether oxygens (including phenoxy) is 4. The Labute approximate surface area is 370 Å². The van der Waals surface area contributed by atoms with Crippen LogP contribution < -0.4 is 30.0 Å². The van der Waals surface area contributed by atoms with E-state index in [2.05, 4.69) is 70.4 Å². The van der Waals surface area contributed by atoms with Crippen LogP contribution in [0.3, 0.4) is 0 Å². The van der Waals surface area contributed by atoms with Crippen molar-refractivity contribution in [2.45, 2.75) is 63.7 Å². The first-order valence-corrected chi connectivity index (χ1v) is 21.3. The third kappa shape index (κ3) is 9.84. The SMILES string of the molecule is NCc1cc2c(cn1)OCCO2.O=C(NCc1cc2c(cn1)OCCO2)c1cn(Cc2cn3cc(C4CC4)ccc3n2)nn1.O=C(O)c1cn(Cc2cn3cc(C4CC4)ccc3n2)nn1. The summed E-state index contributed by atoms with van der Waals surface area (Å²) in [6.45, 7) is 3.72. The molecule has 0 spiro atoms. The molecule has 4 aliphatic rings. The number of nitrogens with one attached hydrogen (secondary N) is 1. The number of fused-ring (bicyclic) bond motifs is 4. The van der Waals surface area contributed by atoms with Gasteiger partial charge in [-0.05, 0) is 60.8 Å². The monoisotopic (exact) mass is 880 g/mol. The molecule has 2 fully saturated rings. The summed E-state index contributed by atoms with van der Waals surface area (Å²) in [6, 6.07) is 11.9. The Hall–Kier alpha value is -7.94. The first kappa shape index (κ1) is 41.1. The fourth-order valence-electron chi connectivity index (χ4n) is 7.33. The molecule has 12 rings (SSSR count). The second kappa shape index (κ2) is 18.0. The van der Waals surface area contributed by atoms with Gasteiger partial charge in [0.05, 0.1) is 67.2 Å².